The third-order valence-electron chi connectivity index (χ3n) is 4.81. The fourth-order valence-corrected chi connectivity index (χ4v) is 4.43. The van der Waals surface area contributed by atoms with Gasteiger partial charge in [-0.15, -0.1) is 11.3 Å². The molecule has 27 heavy (non-hydrogen) atoms. The van der Waals surface area contributed by atoms with Crippen molar-refractivity contribution < 1.29 is 9.84 Å². The lowest BCUT2D eigenvalue weighted by Crippen LogP contribution is -2.29. The van der Waals surface area contributed by atoms with Crippen molar-refractivity contribution in [2.75, 3.05) is 40.3 Å². The second-order valence-corrected chi connectivity index (χ2v) is 8.28. The minimum absolute atomic E-state index is 0.205. The molecule has 5 nitrogen and oxygen atoms in total. The number of nitrogens with zero attached hydrogens (tertiary/aromatic N) is 3. The predicted octanol–water partition coefficient (Wildman–Crippen LogP) is 3.82. The van der Waals surface area contributed by atoms with E-state index in [4.69, 9.17) is 9.72 Å². The molecule has 1 aliphatic heterocycles. The zero-order valence-electron chi connectivity index (χ0n) is 15.8. The molecule has 0 fully saturated rings. The van der Waals surface area contributed by atoms with E-state index in [2.05, 4.69) is 36.0 Å². The highest BCUT2D eigenvalue weighted by Crippen LogP contribution is 2.39. The lowest BCUT2D eigenvalue weighted by Gasteiger charge is -2.20. The Morgan fingerprint density at radius 1 is 1.26 bits per heavy atom. The van der Waals surface area contributed by atoms with Gasteiger partial charge in [0.25, 0.3) is 0 Å². The van der Waals surface area contributed by atoms with E-state index in [1.165, 1.54) is 0 Å². The molecule has 2 heterocycles. The summed E-state index contributed by atoms with van der Waals surface area (Å²) in [7, 11) is 4.20. The van der Waals surface area contributed by atoms with E-state index in [-0.39, 0.29) is 5.75 Å². The Morgan fingerprint density at radius 2 is 2.11 bits per heavy atom. The van der Waals surface area contributed by atoms with Gasteiger partial charge in [0.1, 0.15) is 11.6 Å². The highest BCUT2D eigenvalue weighted by molar-refractivity contribution is 7.21. The summed E-state index contributed by atoms with van der Waals surface area (Å²) < 4.78 is 7.02. The molecule has 0 amide bonds. The molecule has 1 aliphatic rings. The van der Waals surface area contributed by atoms with Gasteiger partial charge in [0.15, 0.2) is 11.5 Å². The van der Waals surface area contributed by atoms with Crippen molar-refractivity contribution >= 4 is 21.6 Å². The molecule has 142 valence electrons. The van der Waals surface area contributed by atoms with E-state index < -0.39 is 0 Å². The molecule has 0 atom stereocenters. The van der Waals surface area contributed by atoms with Gasteiger partial charge in [-0.3, -0.25) is 4.90 Å². The fourth-order valence-electron chi connectivity index (χ4n) is 3.47. The van der Waals surface area contributed by atoms with Crippen LogP contribution in [0.1, 0.15) is 12.0 Å². The van der Waals surface area contributed by atoms with Crippen LogP contribution in [0.15, 0.2) is 36.4 Å². The summed E-state index contributed by atoms with van der Waals surface area (Å²) in [5.74, 6) is 0.826. The van der Waals surface area contributed by atoms with Crippen molar-refractivity contribution in [3.8, 4) is 22.1 Å². The summed E-state index contributed by atoms with van der Waals surface area (Å²) in [4.78, 5) is 9.34. The molecule has 6 heteroatoms. The minimum atomic E-state index is 0.205. The Hall–Kier alpha value is -2.15. The van der Waals surface area contributed by atoms with Gasteiger partial charge in [-0.25, -0.2) is 4.98 Å². The summed E-state index contributed by atoms with van der Waals surface area (Å²) >= 11 is 1.65. The van der Waals surface area contributed by atoms with Gasteiger partial charge in [-0.2, -0.15) is 0 Å². The van der Waals surface area contributed by atoms with Crippen molar-refractivity contribution in [2.24, 2.45) is 0 Å². The molecule has 0 spiro atoms. The minimum Gasteiger partial charge on any atom is -0.504 e. The number of ether oxygens (including phenoxy) is 1. The first-order chi connectivity index (χ1) is 13.1. The van der Waals surface area contributed by atoms with Crippen molar-refractivity contribution in [2.45, 2.75) is 13.0 Å². The number of fused-ring (bicyclic) bond motifs is 2. The van der Waals surface area contributed by atoms with Gasteiger partial charge >= 0.3 is 0 Å². The van der Waals surface area contributed by atoms with Crippen LogP contribution in [0, 0.1) is 0 Å². The number of hydrogen-bond donors (Lipinski definition) is 1. The Kier molecular flexibility index (Phi) is 5.29. The highest BCUT2D eigenvalue weighted by atomic mass is 32.1. The number of phenols is 1. The molecule has 0 saturated heterocycles. The van der Waals surface area contributed by atoms with E-state index in [9.17, 15) is 5.11 Å². The van der Waals surface area contributed by atoms with E-state index in [1.54, 1.807) is 17.4 Å². The fraction of sp³-hybridized carbons (Fsp3) is 0.381. The van der Waals surface area contributed by atoms with Crippen LogP contribution < -0.4 is 4.74 Å². The standard InChI is InChI=1S/C21H25N3O2S/c1-23(2)8-5-9-24-10-11-26-20-16(14-24)12-15(13-18(20)25)21-22-17-6-3-4-7-19(17)27-21/h3-4,6-7,12-13,25H,5,8-11,14H2,1-2H3. The molecule has 0 bridgehead atoms. The number of rotatable bonds is 5. The van der Waals surface area contributed by atoms with Crippen LogP contribution in [0.25, 0.3) is 20.8 Å². The number of para-hydroxylation sites is 1. The van der Waals surface area contributed by atoms with E-state index in [0.717, 1.165) is 59.0 Å². The predicted molar refractivity (Wildman–Crippen MR) is 111 cm³/mol. The molecule has 0 aliphatic carbocycles. The lowest BCUT2D eigenvalue weighted by atomic mass is 10.1. The van der Waals surface area contributed by atoms with Gasteiger partial charge < -0.3 is 14.7 Å². The average Bonchev–Trinajstić information content (AvgIpc) is 2.96. The van der Waals surface area contributed by atoms with Crippen LogP contribution in [-0.2, 0) is 6.54 Å². The molecule has 3 aromatic rings. The highest BCUT2D eigenvalue weighted by Gasteiger charge is 2.20. The summed E-state index contributed by atoms with van der Waals surface area (Å²) in [6.07, 6.45) is 1.12. The van der Waals surface area contributed by atoms with E-state index in [0.29, 0.717) is 12.4 Å². The molecular weight excluding hydrogens is 358 g/mol. The smallest absolute Gasteiger partial charge is 0.165 e. The Balaban J connectivity index is 1.61. The number of aromatic nitrogens is 1. The average molecular weight is 384 g/mol. The van der Waals surface area contributed by atoms with Crippen molar-refractivity contribution in [1.29, 1.82) is 0 Å². The topological polar surface area (TPSA) is 48.8 Å². The van der Waals surface area contributed by atoms with Crippen LogP contribution in [0.4, 0.5) is 0 Å². The first kappa shape index (κ1) is 18.2. The number of hydrogen-bond acceptors (Lipinski definition) is 6. The summed E-state index contributed by atoms with van der Waals surface area (Å²) in [6.45, 7) is 4.35. The summed E-state index contributed by atoms with van der Waals surface area (Å²) in [5.41, 5.74) is 2.98. The maximum Gasteiger partial charge on any atom is 0.165 e. The van der Waals surface area contributed by atoms with Crippen LogP contribution in [0.3, 0.4) is 0 Å². The molecule has 1 aromatic heterocycles. The van der Waals surface area contributed by atoms with Gasteiger partial charge in [-0.05, 0) is 57.9 Å². The van der Waals surface area contributed by atoms with E-state index in [1.807, 2.05) is 18.2 Å². The summed E-state index contributed by atoms with van der Waals surface area (Å²) in [5, 5.41) is 11.5. The molecule has 4 rings (SSSR count). The maximum atomic E-state index is 10.6. The quantitative estimate of drug-likeness (QED) is 0.726. The van der Waals surface area contributed by atoms with Crippen molar-refractivity contribution in [3.63, 3.8) is 0 Å². The zero-order valence-corrected chi connectivity index (χ0v) is 16.6. The number of aromatic hydroxyl groups is 1. The van der Waals surface area contributed by atoms with Gasteiger partial charge in [0, 0.05) is 24.2 Å². The zero-order chi connectivity index (χ0) is 18.8. The Morgan fingerprint density at radius 3 is 2.93 bits per heavy atom. The molecule has 1 N–H and O–H groups in total. The van der Waals surface area contributed by atoms with Crippen LogP contribution in [0.5, 0.6) is 11.5 Å². The number of benzene rings is 2. The normalized spacial score (nSPS) is 14.9. The number of thiazole rings is 1. The Bertz CT molecular complexity index is 905. The van der Waals surface area contributed by atoms with Crippen LogP contribution >= 0.6 is 11.3 Å². The first-order valence-corrected chi connectivity index (χ1v) is 10.1. The monoisotopic (exact) mass is 383 g/mol. The molecule has 2 aromatic carbocycles. The van der Waals surface area contributed by atoms with Gasteiger partial charge in [0.2, 0.25) is 0 Å². The lowest BCUT2D eigenvalue weighted by molar-refractivity contribution is 0.214. The SMILES string of the molecule is CN(C)CCCN1CCOc2c(O)cc(-c3nc4ccccc4s3)cc2C1. The second kappa shape index (κ2) is 7.84. The Labute approximate surface area is 163 Å². The van der Waals surface area contributed by atoms with Crippen molar-refractivity contribution in [3.05, 3.63) is 42.0 Å². The summed E-state index contributed by atoms with van der Waals surface area (Å²) in [6, 6.07) is 12.0. The van der Waals surface area contributed by atoms with Crippen LogP contribution in [0.2, 0.25) is 0 Å². The van der Waals surface area contributed by atoms with E-state index >= 15 is 0 Å². The van der Waals surface area contributed by atoms with Crippen LogP contribution in [-0.4, -0.2) is 60.2 Å². The van der Waals surface area contributed by atoms with Crippen molar-refractivity contribution in [1.82, 2.24) is 14.8 Å². The van der Waals surface area contributed by atoms with Gasteiger partial charge in [0.05, 0.1) is 10.2 Å². The largest absolute Gasteiger partial charge is 0.504 e. The van der Waals surface area contributed by atoms with Gasteiger partial charge in [-0.1, -0.05) is 12.1 Å². The molecule has 0 unspecified atom stereocenters. The second-order valence-electron chi connectivity index (χ2n) is 7.25. The number of phenolic OH excluding ortho intramolecular Hbond substituents is 1. The molecule has 0 saturated carbocycles. The maximum absolute atomic E-state index is 10.6. The third kappa shape index (κ3) is 4.08. The molecule has 0 radical (unpaired) electrons. The molecular formula is C21H25N3O2S. The third-order valence-corrected chi connectivity index (χ3v) is 5.90. The first-order valence-electron chi connectivity index (χ1n) is 9.32.